The first-order valence-corrected chi connectivity index (χ1v) is 15.5. The zero-order valence-electron chi connectivity index (χ0n) is 27.1. The first-order chi connectivity index (χ1) is 23.9. The van der Waals surface area contributed by atoms with Crippen LogP contribution in [0.1, 0.15) is 93.7 Å². The number of fused-ring (bicyclic) bond motifs is 2. The van der Waals surface area contributed by atoms with Crippen LogP contribution in [0.4, 0.5) is 14.5 Å². The molecule has 5 aromatic rings. The smallest absolute Gasteiger partial charge is 0.337 e. The number of methoxy groups -OCH3 is 1. The molecule has 0 bridgehead atoms. The summed E-state index contributed by atoms with van der Waals surface area (Å²) in [7, 11) is 1.25. The summed E-state index contributed by atoms with van der Waals surface area (Å²) in [4.78, 5) is 68.9. The van der Waals surface area contributed by atoms with Crippen LogP contribution in [0.15, 0.2) is 66.9 Å². The molecule has 0 radical (unpaired) electrons. The molecule has 0 aliphatic heterocycles. The van der Waals surface area contributed by atoms with Gasteiger partial charge in [0.2, 0.25) is 0 Å². The fourth-order valence-electron chi connectivity index (χ4n) is 5.97. The zero-order chi connectivity index (χ0) is 35.7. The van der Waals surface area contributed by atoms with Gasteiger partial charge in [0.15, 0.2) is 23.1 Å². The van der Waals surface area contributed by atoms with Crippen LogP contribution in [-0.4, -0.2) is 51.2 Å². The molecule has 50 heavy (non-hydrogen) atoms. The van der Waals surface area contributed by atoms with Crippen LogP contribution in [0.5, 0.6) is 0 Å². The maximum Gasteiger partial charge on any atom is 0.337 e. The van der Waals surface area contributed by atoms with Gasteiger partial charge in [0.1, 0.15) is 17.0 Å². The second-order valence-electron chi connectivity index (χ2n) is 11.7. The summed E-state index contributed by atoms with van der Waals surface area (Å²) in [5.74, 6) is -4.73. The molecule has 3 amide bonds. The van der Waals surface area contributed by atoms with Crippen LogP contribution >= 0.6 is 0 Å². The topological polar surface area (TPSA) is 161 Å². The number of hydrogen-bond donors (Lipinski definition) is 3. The van der Waals surface area contributed by atoms with Crippen molar-refractivity contribution >= 4 is 40.8 Å². The zero-order valence-corrected chi connectivity index (χ0v) is 27.1. The van der Waals surface area contributed by atoms with Crippen molar-refractivity contribution in [3.63, 3.8) is 0 Å². The average Bonchev–Trinajstić information content (AvgIpc) is 3.73. The van der Waals surface area contributed by atoms with Crippen LogP contribution in [0.3, 0.4) is 0 Å². The van der Waals surface area contributed by atoms with Crippen molar-refractivity contribution in [2.75, 3.05) is 12.4 Å². The number of amides is 3. The summed E-state index contributed by atoms with van der Waals surface area (Å²) >= 11 is 0. The first kappa shape index (κ1) is 33.6. The molecule has 6 rings (SSSR count). The molecule has 12 nitrogen and oxygen atoms in total. The van der Waals surface area contributed by atoms with Crippen molar-refractivity contribution in [1.29, 1.82) is 0 Å². The summed E-state index contributed by atoms with van der Waals surface area (Å²) in [5, 5.41) is 12.5. The summed E-state index contributed by atoms with van der Waals surface area (Å²) in [5.41, 5.74) is 3.72. The van der Waals surface area contributed by atoms with E-state index in [4.69, 9.17) is 4.74 Å². The number of aromatic nitrogens is 3. The standard InChI is InChI=1S/C36H30F2N6O6/c1-18-23(19(2)45)9-10-25-24(18)11-13-29(25)43-35(48)31-15-30(34(47)39-16-20-4-12-27(37)28(38)14-20)42-32-26(17-40-44(31)32)33(46)41-22-7-5-21(6-8-22)36(49)50-3/h4-10,12,14-15,17,29H,11,13,16H2,1-3H3,(H,39,47)(H,41,46)(H,43,48)/t29-/m0/s1. The Morgan fingerprint density at radius 2 is 1.68 bits per heavy atom. The number of carbonyl (C=O) groups is 5. The van der Waals surface area contributed by atoms with Crippen LogP contribution < -0.4 is 16.0 Å². The Hall–Kier alpha value is -6.31. The normalized spacial score (nSPS) is 13.4. The monoisotopic (exact) mass is 680 g/mol. The molecular weight excluding hydrogens is 650 g/mol. The number of esters is 1. The molecule has 1 atom stereocenters. The van der Waals surface area contributed by atoms with Gasteiger partial charge in [0.05, 0.1) is 24.9 Å². The molecule has 254 valence electrons. The lowest BCUT2D eigenvalue weighted by Crippen LogP contribution is -2.31. The van der Waals surface area contributed by atoms with Crippen molar-refractivity contribution in [2.45, 2.75) is 39.3 Å². The number of rotatable bonds is 9. The molecule has 1 aliphatic carbocycles. The Morgan fingerprint density at radius 1 is 0.920 bits per heavy atom. The fourth-order valence-corrected chi connectivity index (χ4v) is 5.97. The molecule has 0 fully saturated rings. The third-order valence-electron chi connectivity index (χ3n) is 8.56. The van der Waals surface area contributed by atoms with Gasteiger partial charge in [-0.2, -0.15) is 5.10 Å². The number of carbonyl (C=O) groups excluding carboxylic acids is 5. The van der Waals surface area contributed by atoms with Gasteiger partial charge < -0.3 is 20.7 Å². The Kier molecular flexibility index (Phi) is 9.18. The van der Waals surface area contributed by atoms with Crippen LogP contribution in [0.25, 0.3) is 5.65 Å². The quantitative estimate of drug-likeness (QED) is 0.146. The largest absolute Gasteiger partial charge is 0.465 e. The predicted molar refractivity (Wildman–Crippen MR) is 176 cm³/mol. The predicted octanol–water partition coefficient (Wildman–Crippen LogP) is 4.90. The van der Waals surface area contributed by atoms with E-state index >= 15 is 0 Å². The van der Waals surface area contributed by atoms with Gasteiger partial charge in [-0.3, -0.25) is 19.2 Å². The van der Waals surface area contributed by atoms with E-state index in [1.807, 2.05) is 13.0 Å². The van der Waals surface area contributed by atoms with Gasteiger partial charge in [0.25, 0.3) is 17.7 Å². The number of benzene rings is 3. The molecule has 0 unspecified atom stereocenters. The second-order valence-corrected chi connectivity index (χ2v) is 11.7. The third kappa shape index (κ3) is 6.55. The Balaban J connectivity index is 1.32. The van der Waals surface area contributed by atoms with Gasteiger partial charge >= 0.3 is 5.97 Å². The Morgan fingerprint density at radius 3 is 2.38 bits per heavy atom. The van der Waals surface area contributed by atoms with Gasteiger partial charge in [0, 0.05) is 23.9 Å². The van der Waals surface area contributed by atoms with Crippen molar-refractivity contribution in [3.05, 3.63) is 129 Å². The highest BCUT2D eigenvalue weighted by atomic mass is 19.2. The number of nitrogens with zero attached hydrogens (tertiary/aromatic N) is 3. The van der Waals surface area contributed by atoms with E-state index in [2.05, 4.69) is 26.0 Å². The van der Waals surface area contributed by atoms with E-state index < -0.39 is 41.4 Å². The Bertz CT molecular complexity index is 2220. The van der Waals surface area contributed by atoms with E-state index in [1.54, 1.807) is 6.07 Å². The molecule has 0 saturated carbocycles. The molecule has 2 aromatic heterocycles. The number of hydrogen-bond acceptors (Lipinski definition) is 8. The number of anilines is 1. The number of ketones is 1. The van der Waals surface area contributed by atoms with E-state index in [0.29, 0.717) is 24.1 Å². The highest BCUT2D eigenvalue weighted by Crippen LogP contribution is 2.35. The van der Waals surface area contributed by atoms with E-state index in [9.17, 15) is 32.8 Å². The number of nitrogens with one attached hydrogen (secondary N) is 3. The molecular formula is C36H30F2N6O6. The van der Waals surface area contributed by atoms with Crippen molar-refractivity contribution in [1.82, 2.24) is 25.2 Å². The highest BCUT2D eigenvalue weighted by Gasteiger charge is 2.29. The highest BCUT2D eigenvalue weighted by molar-refractivity contribution is 6.09. The molecule has 2 heterocycles. The molecule has 0 spiro atoms. The molecule has 3 aromatic carbocycles. The van der Waals surface area contributed by atoms with Crippen LogP contribution in [0.2, 0.25) is 0 Å². The van der Waals surface area contributed by atoms with Crippen molar-refractivity contribution < 1.29 is 37.5 Å². The SMILES string of the molecule is COC(=O)c1ccc(NC(=O)c2cnn3c(C(=O)N[C@H]4CCc5c4ccc(C(C)=O)c5C)cc(C(=O)NCc4ccc(F)c(F)c4)nc23)cc1. The average molecular weight is 681 g/mol. The molecule has 0 saturated heterocycles. The number of ether oxygens (including phenoxy) is 1. The van der Waals surface area contributed by atoms with Gasteiger partial charge in [-0.25, -0.2) is 23.1 Å². The maximum absolute atomic E-state index is 13.9. The fraction of sp³-hybridized carbons (Fsp3) is 0.194. The van der Waals surface area contributed by atoms with Crippen LogP contribution in [0, 0.1) is 18.6 Å². The summed E-state index contributed by atoms with van der Waals surface area (Å²) in [6.07, 6.45) is 2.42. The summed E-state index contributed by atoms with van der Waals surface area (Å²) < 4.78 is 33.0. The maximum atomic E-state index is 13.9. The lowest BCUT2D eigenvalue weighted by Gasteiger charge is -2.16. The molecule has 1 aliphatic rings. The summed E-state index contributed by atoms with van der Waals surface area (Å²) in [6, 6.07) is 13.5. The molecule has 14 heteroatoms. The van der Waals surface area contributed by atoms with Gasteiger partial charge in [-0.15, -0.1) is 0 Å². The van der Waals surface area contributed by atoms with Gasteiger partial charge in [-0.05, 0) is 85.3 Å². The lowest BCUT2D eigenvalue weighted by molar-refractivity contribution is 0.0600. The van der Waals surface area contributed by atoms with Crippen LogP contribution in [-0.2, 0) is 17.7 Å². The van der Waals surface area contributed by atoms with E-state index in [0.717, 1.165) is 33.3 Å². The van der Waals surface area contributed by atoms with Crippen molar-refractivity contribution in [2.24, 2.45) is 0 Å². The Labute approximate surface area is 283 Å². The van der Waals surface area contributed by atoms with Gasteiger partial charge in [-0.1, -0.05) is 18.2 Å². The number of Topliss-reactive ketones (excluding diaryl/α,β-unsaturated/α-hetero) is 1. The number of halogens is 2. The van der Waals surface area contributed by atoms with E-state index in [1.165, 1.54) is 56.6 Å². The lowest BCUT2D eigenvalue weighted by atomic mass is 9.96. The molecule has 3 N–H and O–H groups in total. The first-order valence-electron chi connectivity index (χ1n) is 15.5. The minimum atomic E-state index is -1.08. The van der Waals surface area contributed by atoms with E-state index in [-0.39, 0.29) is 46.1 Å². The minimum absolute atomic E-state index is 0.0518. The third-order valence-corrected chi connectivity index (χ3v) is 8.56. The second kappa shape index (κ2) is 13.7. The summed E-state index contributed by atoms with van der Waals surface area (Å²) in [6.45, 7) is 3.20. The van der Waals surface area contributed by atoms with Crippen molar-refractivity contribution in [3.8, 4) is 0 Å². The minimum Gasteiger partial charge on any atom is -0.465 e.